The smallest absolute Gasteiger partial charge is 0.0483 e. The summed E-state index contributed by atoms with van der Waals surface area (Å²) < 4.78 is 2.31. The predicted molar refractivity (Wildman–Crippen MR) is 91.5 cm³/mol. The molecular weight excluding hydrogens is 256 g/mol. The van der Waals surface area contributed by atoms with Crippen molar-refractivity contribution in [3.8, 4) is 12.3 Å². The Morgan fingerprint density at radius 2 is 2.05 bits per heavy atom. The first kappa shape index (κ1) is 15.7. The number of rotatable bonds is 9. The fourth-order valence-electron chi connectivity index (χ4n) is 2.76. The maximum atomic E-state index is 5.40. The highest BCUT2D eigenvalue weighted by molar-refractivity contribution is 5.83. The normalized spacial score (nSPS) is 10.9. The topological polar surface area (TPSA) is 17.0 Å². The molecule has 0 aliphatic heterocycles. The van der Waals surface area contributed by atoms with Gasteiger partial charge in [-0.1, -0.05) is 25.1 Å². The Labute approximate surface area is 128 Å². The van der Waals surface area contributed by atoms with Gasteiger partial charge in [0.15, 0.2) is 0 Å². The van der Waals surface area contributed by atoms with Gasteiger partial charge in [-0.2, -0.15) is 0 Å². The summed E-state index contributed by atoms with van der Waals surface area (Å²) in [4.78, 5) is 0. The number of para-hydroxylation sites is 1. The molecule has 2 nitrogen and oxygen atoms in total. The molecule has 0 atom stereocenters. The van der Waals surface area contributed by atoms with E-state index in [9.17, 15) is 0 Å². The number of benzene rings is 1. The van der Waals surface area contributed by atoms with Gasteiger partial charge in [0.1, 0.15) is 0 Å². The first-order valence-corrected chi connectivity index (χ1v) is 8.07. The number of nitrogens with zero attached hydrogens (tertiary/aromatic N) is 1. The quantitative estimate of drug-likeness (QED) is 0.543. The lowest BCUT2D eigenvalue weighted by atomic mass is 10.1. The third kappa shape index (κ3) is 4.37. The number of hydrogen-bond donors (Lipinski definition) is 1. The van der Waals surface area contributed by atoms with Crippen LogP contribution in [0.15, 0.2) is 30.5 Å². The van der Waals surface area contributed by atoms with Crippen molar-refractivity contribution < 1.29 is 0 Å². The molecule has 1 heterocycles. The summed E-state index contributed by atoms with van der Waals surface area (Å²) in [6.07, 6.45) is 13.3. The molecule has 112 valence electrons. The van der Waals surface area contributed by atoms with Gasteiger partial charge in [0.25, 0.3) is 0 Å². The largest absolute Gasteiger partial charge is 0.346 e. The molecule has 2 rings (SSSR count). The van der Waals surface area contributed by atoms with Gasteiger partial charge in [-0.25, -0.2) is 0 Å². The second kappa shape index (κ2) is 8.54. The molecule has 21 heavy (non-hydrogen) atoms. The zero-order valence-corrected chi connectivity index (χ0v) is 13.1. The highest BCUT2D eigenvalue weighted by Gasteiger charge is 2.07. The van der Waals surface area contributed by atoms with Crippen LogP contribution in [0.3, 0.4) is 0 Å². The lowest BCUT2D eigenvalue weighted by Crippen LogP contribution is -2.15. The van der Waals surface area contributed by atoms with Crippen molar-refractivity contribution in [2.45, 2.75) is 45.6 Å². The van der Waals surface area contributed by atoms with Crippen molar-refractivity contribution in [2.75, 3.05) is 13.1 Å². The number of hydrogen-bond acceptors (Lipinski definition) is 1. The minimum atomic E-state index is 0.791. The van der Waals surface area contributed by atoms with Crippen molar-refractivity contribution in [3.05, 3.63) is 36.0 Å². The average Bonchev–Trinajstić information content (AvgIpc) is 2.87. The Bertz CT molecular complexity index is 589. The summed E-state index contributed by atoms with van der Waals surface area (Å²) in [7, 11) is 0. The molecule has 0 spiro atoms. The number of unbranched alkanes of at least 4 members (excludes halogenated alkanes) is 1. The fourth-order valence-corrected chi connectivity index (χ4v) is 2.76. The van der Waals surface area contributed by atoms with Crippen LogP contribution in [0.1, 0.15) is 38.2 Å². The van der Waals surface area contributed by atoms with Gasteiger partial charge >= 0.3 is 0 Å². The van der Waals surface area contributed by atoms with Crippen LogP contribution >= 0.6 is 0 Å². The molecule has 0 saturated carbocycles. The standard InChI is InChI=1S/C19H26N2/c1-3-5-15-21-16-17(10-8-9-14-20-13-4-2)18-11-6-7-12-19(18)21/h1,6-7,11-12,16,20H,4-5,8-10,13-15H2,2H3. The van der Waals surface area contributed by atoms with E-state index in [1.165, 1.54) is 35.7 Å². The summed E-state index contributed by atoms with van der Waals surface area (Å²) in [5.74, 6) is 2.73. The highest BCUT2D eigenvalue weighted by Crippen LogP contribution is 2.23. The molecule has 0 saturated heterocycles. The zero-order chi connectivity index (χ0) is 14.9. The van der Waals surface area contributed by atoms with E-state index < -0.39 is 0 Å². The summed E-state index contributed by atoms with van der Waals surface area (Å²) in [6, 6.07) is 8.65. The van der Waals surface area contributed by atoms with E-state index in [2.05, 4.69) is 53.2 Å². The second-order valence-electron chi connectivity index (χ2n) is 5.53. The van der Waals surface area contributed by atoms with Crippen LogP contribution in [0.25, 0.3) is 10.9 Å². The molecule has 0 amide bonds. The second-order valence-corrected chi connectivity index (χ2v) is 5.53. The number of fused-ring (bicyclic) bond motifs is 1. The first-order chi connectivity index (χ1) is 10.4. The molecule has 0 bridgehead atoms. The lowest BCUT2D eigenvalue weighted by molar-refractivity contribution is 0.616. The zero-order valence-electron chi connectivity index (χ0n) is 13.1. The first-order valence-electron chi connectivity index (χ1n) is 8.07. The van der Waals surface area contributed by atoms with Crippen molar-refractivity contribution in [1.29, 1.82) is 0 Å². The molecule has 0 aliphatic carbocycles. The summed E-state index contributed by atoms with van der Waals surface area (Å²) in [6.45, 7) is 5.38. The molecule has 0 unspecified atom stereocenters. The minimum Gasteiger partial charge on any atom is -0.346 e. The summed E-state index contributed by atoms with van der Waals surface area (Å²) in [5.41, 5.74) is 2.77. The predicted octanol–water partition coefficient (Wildman–Crippen LogP) is 3.99. The average molecular weight is 282 g/mol. The Morgan fingerprint density at radius 1 is 1.19 bits per heavy atom. The van der Waals surface area contributed by atoms with Crippen molar-refractivity contribution in [2.24, 2.45) is 0 Å². The van der Waals surface area contributed by atoms with Gasteiger partial charge in [0.05, 0.1) is 0 Å². The highest BCUT2D eigenvalue weighted by atomic mass is 15.0. The Balaban J connectivity index is 1.97. The van der Waals surface area contributed by atoms with Crippen LogP contribution in [0.4, 0.5) is 0 Å². The molecule has 1 aromatic carbocycles. The van der Waals surface area contributed by atoms with Gasteiger partial charge in [-0.15, -0.1) is 12.3 Å². The van der Waals surface area contributed by atoms with Gasteiger partial charge in [-0.05, 0) is 50.4 Å². The lowest BCUT2D eigenvalue weighted by Gasteiger charge is -2.02. The van der Waals surface area contributed by atoms with E-state index in [0.717, 1.165) is 32.5 Å². The Kier molecular flexibility index (Phi) is 6.37. The fraction of sp³-hybridized carbons (Fsp3) is 0.474. The van der Waals surface area contributed by atoms with Crippen molar-refractivity contribution >= 4 is 10.9 Å². The Hall–Kier alpha value is -1.72. The van der Waals surface area contributed by atoms with Gasteiger partial charge in [0.2, 0.25) is 0 Å². The monoisotopic (exact) mass is 282 g/mol. The molecule has 2 heteroatoms. The maximum Gasteiger partial charge on any atom is 0.0483 e. The van der Waals surface area contributed by atoms with Crippen LogP contribution < -0.4 is 5.32 Å². The summed E-state index contributed by atoms with van der Waals surface area (Å²) in [5, 5.41) is 4.85. The van der Waals surface area contributed by atoms with Gasteiger partial charge in [-0.3, -0.25) is 0 Å². The van der Waals surface area contributed by atoms with Crippen molar-refractivity contribution in [1.82, 2.24) is 9.88 Å². The van der Waals surface area contributed by atoms with Crippen LogP contribution in [-0.2, 0) is 13.0 Å². The van der Waals surface area contributed by atoms with E-state index in [1.807, 2.05) is 0 Å². The van der Waals surface area contributed by atoms with E-state index in [0.29, 0.717) is 0 Å². The number of aromatic nitrogens is 1. The van der Waals surface area contributed by atoms with Gasteiger partial charge in [0, 0.05) is 30.1 Å². The third-order valence-electron chi connectivity index (χ3n) is 3.84. The third-order valence-corrected chi connectivity index (χ3v) is 3.84. The molecule has 0 aliphatic rings. The summed E-state index contributed by atoms with van der Waals surface area (Å²) >= 11 is 0. The van der Waals surface area contributed by atoms with E-state index in [4.69, 9.17) is 6.42 Å². The number of terminal acetylenes is 1. The van der Waals surface area contributed by atoms with Crippen LogP contribution in [0, 0.1) is 12.3 Å². The number of nitrogens with one attached hydrogen (secondary N) is 1. The van der Waals surface area contributed by atoms with Crippen LogP contribution in [-0.4, -0.2) is 17.7 Å². The molecular formula is C19H26N2. The SMILES string of the molecule is C#CCCn1cc(CCCCNCCC)c2ccccc21. The van der Waals surface area contributed by atoms with Crippen molar-refractivity contribution in [3.63, 3.8) is 0 Å². The maximum absolute atomic E-state index is 5.40. The molecule has 0 fully saturated rings. The molecule has 0 radical (unpaired) electrons. The molecule has 2 aromatic rings. The minimum absolute atomic E-state index is 0.791. The molecule has 1 N–H and O–H groups in total. The van der Waals surface area contributed by atoms with E-state index >= 15 is 0 Å². The van der Waals surface area contributed by atoms with E-state index in [1.54, 1.807) is 0 Å². The van der Waals surface area contributed by atoms with Crippen LogP contribution in [0.5, 0.6) is 0 Å². The number of aryl methyl sites for hydroxylation is 2. The van der Waals surface area contributed by atoms with Gasteiger partial charge < -0.3 is 9.88 Å². The van der Waals surface area contributed by atoms with Crippen LogP contribution in [0.2, 0.25) is 0 Å². The Morgan fingerprint density at radius 3 is 2.86 bits per heavy atom. The van der Waals surface area contributed by atoms with E-state index in [-0.39, 0.29) is 0 Å². The molecule has 1 aromatic heterocycles.